The molecule has 1 fully saturated rings. The van der Waals surface area contributed by atoms with Crippen LogP contribution in [0.15, 0.2) is 0 Å². The third kappa shape index (κ3) is 3.93. The lowest BCUT2D eigenvalue weighted by molar-refractivity contribution is -0.148. The largest absolute Gasteiger partial charge is 0.468 e. The molecule has 1 aliphatic carbocycles. The van der Waals surface area contributed by atoms with E-state index in [0.29, 0.717) is 6.54 Å². The molecule has 0 saturated heterocycles. The molecule has 1 saturated carbocycles. The van der Waals surface area contributed by atoms with Crippen molar-refractivity contribution in [1.29, 1.82) is 0 Å². The fourth-order valence-corrected chi connectivity index (χ4v) is 2.85. The topological polar surface area (TPSA) is 84.5 Å². The quantitative estimate of drug-likeness (QED) is 0.506. The van der Waals surface area contributed by atoms with Gasteiger partial charge in [0.2, 0.25) is 10.0 Å². The first-order valence-corrected chi connectivity index (χ1v) is 7.92. The second-order valence-corrected chi connectivity index (χ2v) is 6.60. The molecule has 106 valence electrons. The van der Waals surface area contributed by atoms with Gasteiger partial charge in [0.1, 0.15) is 5.54 Å². The highest BCUT2D eigenvalue weighted by atomic mass is 32.2. The zero-order valence-electron chi connectivity index (χ0n) is 11.0. The molecule has 0 heterocycles. The Kier molecular flexibility index (Phi) is 5.55. The third-order valence-electron chi connectivity index (χ3n) is 3.32. The van der Waals surface area contributed by atoms with Gasteiger partial charge in [-0.25, -0.2) is 13.1 Å². The average molecular weight is 278 g/mol. The van der Waals surface area contributed by atoms with Crippen molar-refractivity contribution in [3.8, 4) is 0 Å². The highest BCUT2D eigenvalue weighted by Gasteiger charge is 2.41. The monoisotopic (exact) mass is 278 g/mol. The Balaban J connectivity index is 2.42. The SMILES string of the molecule is CCS(=O)(=O)NCCNC1(C(=O)OC)CCCC1. The summed E-state index contributed by atoms with van der Waals surface area (Å²) in [5.41, 5.74) is -0.619. The van der Waals surface area contributed by atoms with Crippen LogP contribution in [0.5, 0.6) is 0 Å². The molecule has 0 atom stereocenters. The van der Waals surface area contributed by atoms with Crippen LogP contribution in [0.2, 0.25) is 0 Å². The summed E-state index contributed by atoms with van der Waals surface area (Å²) in [7, 11) is -1.79. The number of methoxy groups -OCH3 is 1. The molecule has 18 heavy (non-hydrogen) atoms. The molecule has 0 aromatic carbocycles. The van der Waals surface area contributed by atoms with Crippen molar-refractivity contribution in [3.63, 3.8) is 0 Å². The minimum absolute atomic E-state index is 0.0646. The number of hydrogen-bond donors (Lipinski definition) is 2. The van der Waals surface area contributed by atoms with Gasteiger partial charge in [0.25, 0.3) is 0 Å². The normalized spacial score (nSPS) is 18.8. The van der Waals surface area contributed by atoms with Crippen LogP contribution in [0.3, 0.4) is 0 Å². The Morgan fingerprint density at radius 1 is 1.28 bits per heavy atom. The van der Waals surface area contributed by atoms with Gasteiger partial charge >= 0.3 is 5.97 Å². The molecule has 0 aromatic rings. The molecule has 0 aromatic heterocycles. The zero-order valence-corrected chi connectivity index (χ0v) is 11.8. The summed E-state index contributed by atoms with van der Waals surface area (Å²) in [6.07, 6.45) is 3.48. The number of nitrogens with one attached hydrogen (secondary N) is 2. The molecule has 1 aliphatic rings. The average Bonchev–Trinajstić information content (AvgIpc) is 2.84. The standard InChI is InChI=1S/C11H22N2O4S/c1-3-18(15,16)13-9-8-12-11(10(14)17-2)6-4-5-7-11/h12-13H,3-9H2,1-2H3. The summed E-state index contributed by atoms with van der Waals surface area (Å²) < 4.78 is 29.8. The van der Waals surface area contributed by atoms with Crippen molar-refractivity contribution in [2.75, 3.05) is 26.0 Å². The maximum absolute atomic E-state index is 11.8. The van der Waals surface area contributed by atoms with E-state index in [1.165, 1.54) is 7.11 Å². The molecule has 0 spiro atoms. The Bertz CT molecular complexity index is 375. The fourth-order valence-electron chi connectivity index (χ4n) is 2.24. The van der Waals surface area contributed by atoms with Crippen LogP contribution in [0.1, 0.15) is 32.6 Å². The lowest BCUT2D eigenvalue weighted by atomic mass is 9.98. The summed E-state index contributed by atoms with van der Waals surface area (Å²) in [4.78, 5) is 11.8. The lowest BCUT2D eigenvalue weighted by Gasteiger charge is -2.27. The molecule has 0 amide bonds. The Hall–Kier alpha value is -0.660. The van der Waals surface area contributed by atoms with E-state index in [4.69, 9.17) is 4.74 Å². The second kappa shape index (κ2) is 6.49. The minimum atomic E-state index is -3.17. The predicted octanol–water partition coefficient (Wildman–Crippen LogP) is 0.00110. The van der Waals surface area contributed by atoms with Gasteiger partial charge in [-0.15, -0.1) is 0 Å². The van der Waals surface area contributed by atoms with Crippen molar-refractivity contribution >= 4 is 16.0 Å². The molecule has 1 rings (SSSR count). The first kappa shape index (κ1) is 15.4. The van der Waals surface area contributed by atoms with E-state index in [0.717, 1.165) is 25.7 Å². The molecule has 2 N–H and O–H groups in total. The van der Waals surface area contributed by atoms with Crippen LogP contribution < -0.4 is 10.0 Å². The maximum atomic E-state index is 11.8. The molecule has 6 nitrogen and oxygen atoms in total. The van der Waals surface area contributed by atoms with Gasteiger partial charge in [0.15, 0.2) is 0 Å². The minimum Gasteiger partial charge on any atom is -0.468 e. The molecule has 7 heteroatoms. The van der Waals surface area contributed by atoms with Crippen molar-refractivity contribution in [2.24, 2.45) is 0 Å². The van der Waals surface area contributed by atoms with E-state index < -0.39 is 15.6 Å². The maximum Gasteiger partial charge on any atom is 0.326 e. The predicted molar refractivity (Wildman–Crippen MR) is 68.7 cm³/mol. The van der Waals surface area contributed by atoms with Gasteiger partial charge < -0.3 is 10.1 Å². The van der Waals surface area contributed by atoms with Gasteiger partial charge in [-0.3, -0.25) is 4.79 Å². The number of sulfonamides is 1. The summed E-state index contributed by atoms with van der Waals surface area (Å²) >= 11 is 0. The zero-order chi connectivity index (χ0) is 13.6. The van der Waals surface area contributed by atoms with Crippen LogP contribution in [-0.2, 0) is 19.6 Å². The second-order valence-electron chi connectivity index (χ2n) is 4.51. The van der Waals surface area contributed by atoms with Gasteiger partial charge in [-0.2, -0.15) is 0 Å². The van der Waals surface area contributed by atoms with E-state index in [1.807, 2.05) is 0 Å². The van der Waals surface area contributed by atoms with E-state index >= 15 is 0 Å². The molecule has 0 bridgehead atoms. The van der Waals surface area contributed by atoms with Gasteiger partial charge in [0.05, 0.1) is 12.9 Å². The highest BCUT2D eigenvalue weighted by Crippen LogP contribution is 2.30. The van der Waals surface area contributed by atoms with Gasteiger partial charge in [-0.05, 0) is 19.8 Å². The fraction of sp³-hybridized carbons (Fsp3) is 0.909. The summed E-state index contributed by atoms with van der Waals surface area (Å²) in [5, 5.41) is 3.14. The van der Waals surface area contributed by atoms with E-state index in [2.05, 4.69) is 10.0 Å². The van der Waals surface area contributed by atoms with Crippen molar-refractivity contribution in [1.82, 2.24) is 10.0 Å². The van der Waals surface area contributed by atoms with E-state index in [1.54, 1.807) is 6.92 Å². The molecular weight excluding hydrogens is 256 g/mol. The lowest BCUT2D eigenvalue weighted by Crippen LogP contribution is -2.52. The smallest absolute Gasteiger partial charge is 0.326 e. The number of carbonyl (C=O) groups excluding carboxylic acids is 1. The van der Waals surface area contributed by atoms with Crippen LogP contribution >= 0.6 is 0 Å². The number of carbonyl (C=O) groups is 1. The highest BCUT2D eigenvalue weighted by molar-refractivity contribution is 7.89. The summed E-state index contributed by atoms with van der Waals surface area (Å²) in [6.45, 7) is 2.30. The van der Waals surface area contributed by atoms with E-state index in [-0.39, 0.29) is 18.3 Å². The van der Waals surface area contributed by atoms with Crippen LogP contribution in [0.4, 0.5) is 0 Å². The third-order valence-corrected chi connectivity index (χ3v) is 4.73. The van der Waals surface area contributed by atoms with Crippen LogP contribution in [0.25, 0.3) is 0 Å². The summed E-state index contributed by atoms with van der Waals surface area (Å²) in [5.74, 6) is -0.187. The van der Waals surface area contributed by atoms with Crippen molar-refractivity contribution in [2.45, 2.75) is 38.1 Å². The van der Waals surface area contributed by atoms with Crippen molar-refractivity contribution in [3.05, 3.63) is 0 Å². The number of ether oxygens (including phenoxy) is 1. The first-order chi connectivity index (χ1) is 8.46. The number of esters is 1. The first-order valence-electron chi connectivity index (χ1n) is 6.26. The molecule has 0 aliphatic heterocycles. The Labute approximate surface area is 109 Å². The van der Waals surface area contributed by atoms with Gasteiger partial charge in [-0.1, -0.05) is 12.8 Å². The number of rotatable bonds is 7. The molecular formula is C11H22N2O4S. The van der Waals surface area contributed by atoms with Gasteiger partial charge in [0, 0.05) is 13.1 Å². The molecule has 0 unspecified atom stereocenters. The van der Waals surface area contributed by atoms with Crippen molar-refractivity contribution < 1.29 is 17.9 Å². The Morgan fingerprint density at radius 3 is 2.39 bits per heavy atom. The Morgan fingerprint density at radius 2 is 1.89 bits per heavy atom. The van der Waals surface area contributed by atoms with Crippen LogP contribution in [0, 0.1) is 0 Å². The van der Waals surface area contributed by atoms with E-state index in [9.17, 15) is 13.2 Å². The summed E-state index contributed by atoms with van der Waals surface area (Å²) in [6, 6.07) is 0. The number of hydrogen-bond acceptors (Lipinski definition) is 5. The van der Waals surface area contributed by atoms with Crippen LogP contribution in [-0.4, -0.2) is 45.9 Å². The molecule has 0 radical (unpaired) electrons.